The zero-order valence-corrected chi connectivity index (χ0v) is 23.4. The molecule has 3 heterocycles. The van der Waals surface area contributed by atoms with Crippen molar-refractivity contribution in [2.45, 2.75) is 69.6 Å². The minimum Gasteiger partial charge on any atom is -0.366 e. The number of likely N-dealkylation sites (tertiary alicyclic amines) is 2. The van der Waals surface area contributed by atoms with Crippen molar-refractivity contribution in [3.8, 4) is 0 Å². The maximum Gasteiger partial charge on any atom is 0.471 e. The molecule has 2 fully saturated rings. The number of hydrogen-bond acceptors (Lipinski definition) is 4. The number of amides is 2. The highest BCUT2D eigenvalue weighted by Crippen LogP contribution is 2.42. The molecule has 3 aliphatic heterocycles. The number of alkyl halides is 3. The fourth-order valence-electron chi connectivity index (χ4n) is 6.67. The molecular weight excluding hydrogens is 536 g/mol. The third-order valence-electron chi connectivity index (χ3n) is 8.94. The molecule has 2 saturated heterocycles. The van der Waals surface area contributed by atoms with E-state index in [0.29, 0.717) is 37.1 Å². The van der Waals surface area contributed by atoms with E-state index in [9.17, 15) is 27.2 Å². The number of rotatable bonds is 7. The lowest BCUT2D eigenvalue weighted by Crippen LogP contribution is -2.46. The molecule has 2 unspecified atom stereocenters. The second kappa shape index (κ2) is 12.4. The zero-order valence-electron chi connectivity index (χ0n) is 23.4. The summed E-state index contributed by atoms with van der Waals surface area (Å²) < 4.78 is 52.4. The van der Waals surface area contributed by atoms with E-state index < -0.39 is 17.9 Å². The van der Waals surface area contributed by atoms with E-state index in [-0.39, 0.29) is 30.3 Å². The predicted molar refractivity (Wildman–Crippen MR) is 149 cm³/mol. The van der Waals surface area contributed by atoms with Gasteiger partial charge in [0.25, 0.3) is 0 Å². The van der Waals surface area contributed by atoms with Gasteiger partial charge in [-0.25, -0.2) is 4.39 Å². The molecule has 6 nitrogen and oxygen atoms in total. The number of anilines is 1. The van der Waals surface area contributed by atoms with Crippen LogP contribution in [0.3, 0.4) is 0 Å². The van der Waals surface area contributed by atoms with E-state index in [0.717, 1.165) is 37.4 Å². The molecule has 2 amide bonds. The van der Waals surface area contributed by atoms with Crippen LogP contribution in [0.4, 0.5) is 23.2 Å². The van der Waals surface area contributed by atoms with Crippen LogP contribution in [0.15, 0.2) is 42.5 Å². The van der Waals surface area contributed by atoms with Crippen LogP contribution in [0, 0.1) is 5.82 Å². The number of nitrogens with one attached hydrogen (secondary N) is 1. The average Bonchev–Trinajstić information content (AvgIpc) is 3.26. The van der Waals surface area contributed by atoms with E-state index in [2.05, 4.69) is 28.9 Å². The first-order chi connectivity index (χ1) is 19.6. The number of nitrogens with zero attached hydrogens (tertiary/aromatic N) is 3. The summed E-state index contributed by atoms with van der Waals surface area (Å²) in [5.74, 6) is -2.78. The molecule has 0 radical (unpaired) electrons. The summed E-state index contributed by atoms with van der Waals surface area (Å²) >= 11 is 0. The molecule has 0 aromatic heterocycles. The highest BCUT2D eigenvalue weighted by Gasteiger charge is 2.42. The van der Waals surface area contributed by atoms with Gasteiger partial charge in [-0.05, 0) is 80.4 Å². The molecule has 2 aromatic rings. The van der Waals surface area contributed by atoms with E-state index in [1.165, 1.54) is 37.5 Å². The molecule has 41 heavy (non-hydrogen) atoms. The number of carbonyl (C=O) groups excluding carboxylic acids is 2. The summed E-state index contributed by atoms with van der Waals surface area (Å²) in [6.07, 6.45) is -0.0716. The van der Waals surface area contributed by atoms with Gasteiger partial charge in [0.15, 0.2) is 0 Å². The minimum atomic E-state index is -4.97. The molecule has 3 aliphatic rings. The third-order valence-corrected chi connectivity index (χ3v) is 8.94. The lowest BCUT2D eigenvalue weighted by atomic mass is 9.87. The van der Waals surface area contributed by atoms with Crippen LogP contribution in [0.5, 0.6) is 0 Å². The van der Waals surface area contributed by atoms with Gasteiger partial charge in [0, 0.05) is 44.5 Å². The molecule has 2 atom stereocenters. The Labute approximate surface area is 238 Å². The summed E-state index contributed by atoms with van der Waals surface area (Å²) in [6.45, 7) is 6.88. The Balaban J connectivity index is 1.22. The lowest BCUT2D eigenvalue weighted by Gasteiger charge is -2.36. The number of benzene rings is 2. The quantitative estimate of drug-likeness (QED) is 0.463. The largest absolute Gasteiger partial charge is 0.471 e. The van der Waals surface area contributed by atoms with Gasteiger partial charge in [-0.3, -0.25) is 9.59 Å². The van der Waals surface area contributed by atoms with Crippen molar-refractivity contribution in [3.05, 3.63) is 65.0 Å². The molecular formula is C31H38F4N4O2. The molecule has 0 aliphatic carbocycles. The molecule has 10 heteroatoms. The van der Waals surface area contributed by atoms with Gasteiger partial charge in [0.1, 0.15) is 5.82 Å². The van der Waals surface area contributed by atoms with E-state index in [1.54, 1.807) is 0 Å². The van der Waals surface area contributed by atoms with Crippen LogP contribution >= 0.6 is 0 Å². The molecule has 0 bridgehead atoms. The van der Waals surface area contributed by atoms with Crippen molar-refractivity contribution in [3.63, 3.8) is 0 Å². The summed E-state index contributed by atoms with van der Waals surface area (Å²) in [5.41, 5.74) is 3.00. The third kappa shape index (κ3) is 6.52. The van der Waals surface area contributed by atoms with E-state index >= 15 is 0 Å². The minimum absolute atomic E-state index is 0.0310. The van der Waals surface area contributed by atoms with Gasteiger partial charge in [0.05, 0.1) is 5.92 Å². The summed E-state index contributed by atoms with van der Waals surface area (Å²) in [4.78, 5) is 31.8. The molecule has 5 rings (SSSR count). The van der Waals surface area contributed by atoms with Crippen LogP contribution in [-0.4, -0.2) is 73.1 Å². The van der Waals surface area contributed by atoms with Crippen LogP contribution in [-0.2, 0) is 16.1 Å². The second-order valence-electron chi connectivity index (χ2n) is 11.5. The van der Waals surface area contributed by atoms with Crippen LogP contribution < -0.4 is 10.2 Å². The first kappa shape index (κ1) is 29.4. The molecule has 2 aromatic carbocycles. The van der Waals surface area contributed by atoms with Crippen LogP contribution in [0.25, 0.3) is 0 Å². The van der Waals surface area contributed by atoms with Gasteiger partial charge >= 0.3 is 12.1 Å². The Hall–Kier alpha value is -3.14. The van der Waals surface area contributed by atoms with Crippen molar-refractivity contribution in [1.29, 1.82) is 0 Å². The smallest absolute Gasteiger partial charge is 0.366 e. The molecule has 222 valence electrons. The Bertz CT molecular complexity index is 1240. The molecule has 0 spiro atoms. The Morgan fingerprint density at radius 1 is 0.927 bits per heavy atom. The molecule has 1 N–H and O–H groups in total. The maximum atomic E-state index is 14.8. The summed E-state index contributed by atoms with van der Waals surface area (Å²) in [7, 11) is 0. The Morgan fingerprint density at radius 2 is 1.63 bits per heavy atom. The highest BCUT2D eigenvalue weighted by atomic mass is 19.4. The summed E-state index contributed by atoms with van der Waals surface area (Å²) in [6, 6.07) is 12.3. The highest BCUT2D eigenvalue weighted by molar-refractivity contribution is 5.89. The normalized spacial score (nSPS) is 22.1. The van der Waals surface area contributed by atoms with Crippen LogP contribution in [0.1, 0.15) is 67.6 Å². The van der Waals surface area contributed by atoms with Crippen molar-refractivity contribution in [2.24, 2.45) is 0 Å². The number of halogens is 4. The van der Waals surface area contributed by atoms with Gasteiger partial charge in [0.2, 0.25) is 5.91 Å². The Kier molecular flexibility index (Phi) is 8.87. The van der Waals surface area contributed by atoms with Gasteiger partial charge in [-0.15, -0.1) is 0 Å². The average molecular weight is 575 g/mol. The second-order valence-corrected chi connectivity index (χ2v) is 11.5. The number of para-hydroxylation sites is 1. The number of carbonyl (C=O) groups is 2. The predicted octanol–water partition coefficient (Wildman–Crippen LogP) is 5.19. The van der Waals surface area contributed by atoms with E-state index in [4.69, 9.17) is 0 Å². The molecule has 0 saturated carbocycles. The van der Waals surface area contributed by atoms with Crippen LogP contribution in [0.2, 0.25) is 0 Å². The fourth-order valence-corrected chi connectivity index (χ4v) is 6.67. The first-order valence-corrected chi connectivity index (χ1v) is 14.6. The van der Waals surface area contributed by atoms with Crippen molar-refractivity contribution >= 4 is 17.5 Å². The maximum absolute atomic E-state index is 14.8. The fraction of sp³-hybridized carbons (Fsp3) is 0.548. The van der Waals surface area contributed by atoms with Crippen molar-refractivity contribution < 1.29 is 27.2 Å². The lowest BCUT2D eigenvalue weighted by molar-refractivity contribution is -0.173. The van der Waals surface area contributed by atoms with E-state index in [1.807, 2.05) is 22.3 Å². The van der Waals surface area contributed by atoms with Crippen molar-refractivity contribution in [1.82, 2.24) is 15.1 Å². The van der Waals surface area contributed by atoms with Gasteiger partial charge < -0.3 is 20.0 Å². The monoisotopic (exact) mass is 574 g/mol. The zero-order chi connectivity index (χ0) is 29.1. The standard InChI is InChI=1S/C31H38F4N4O2/c1-21-28(24-7-3-4-8-27(24)39(21)18-17-37-13-5-2-6-14-37)29(40)38-15-11-23(12-16-38)25-19-22(9-10-26(25)32)20-36-30(41)31(33,34)35/h3-4,7-10,19,21,23,28H,2,5-6,11-18,20H2,1H3,(H,36,41). The topological polar surface area (TPSA) is 55.9 Å². The number of fused-ring (bicyclic) bond motifs is 1. The van der Waals surface area contributed by atoms with Crippen molar-refractivity contribution in [2.75, 3.05) is 44.2 Å². The summed E-state index contributed by atoms with van der Waals surface area (Å²) in [5, 5.41) is 1.84. The number of hydrogen-bond donors (Lipinski definition) is 1. The SMILES string of the molecule is CC1C(C(=O)N2CCC(c3cc(CNC(=O)C(F)(F)F)ccc3F)CC2)c2ccccc2N1CCN1CCCCC1. The number of piperidine rings is 2. The first-order valence-electron chi connectivity index (χ1n) is 14.6. The van der Waals surface area contributed by atoms with Gasteiger partial charge in [-0.1, -0.05) is 36.8 Å². The van der Waals surface area contributed by atoms with Gasteiger partial charge in [-0.2, -0.15) is 13.2 Å². The Morgan fingerprint density at radius 3 is 2.34 bits per heavy atom.